The molecule has 0 saturated carbocycles. The maximum atomic E-state index is 5.95. The van der Waals surface area contributed by atoms with Gasteiger partial charge >= 0.3 is 0 Å². The summed E-state index contributed by atoms with van der Waals surface area (Å²) in [6, 6.07) is 12.0. The Labute approximate surface area is 114 Å². The van der Waals surface area contributed by atoms with Gasteiger partial charge in [-0.15, -0.1) is 0 Å². The second-order valence-electron chi connectivity index (χ2n) is 4.33. The van der Waals surface area contributed by atoms with E-state index in [1.807, 2.05) is 30.3 Å². The van der Waals surface area contributed by atoms with E-state index >= 15 is 0 Å². The lowest BCUT2D eigenvalue weighted by Gasteiger charge is -2.10. The number of para-hydroxylation sites is 1. The minimum atomic E-state index is 0.767. The third kappa shape index (κ3) is 3.80. The summed E-state index contributed by atoms with van der Waals surface area (Å²) in [5, 5.41) is 3.26. The highest BCUT2D eigenvalue weighted by atomic mass is 16.5. The fourth-order valence-corrected chi connectivity index (χ4v) is 1.89. The Kier molecular flexibility index (Phi) is 4.93. The van der Waals surface area contributed by atoms with E-state index in [0.717, 1.165) is 36.7 Å². The second kappa shape index (κ2) is 6.90. The van der Waals surface area contributed by atoms with Crippen LogP contribution in [0.5, 0.6) is 11.5 Å². The number of ether oxygens (including phenoxy) is 1. The quantitative estimate of drug-likeness (QED) is 0.858. The molecule has 100 valence electrons. The summed E-state index contributed by atoms with van der Waals surface area (Å²) in [6.45, 7) is 5.91. The molecule has 19 heavy (non-hydrogen) atoms. The number of nitrogens with one attached hydrogen (secondary N) is 1. The normalized spacial score (nSPS) is 10.4. The molecule has 0 atom stereocenters. The molecule has 0 spiro atoms. The van der Waals surface area contributed by atoms with Crippen LogP contribution in [0.1, 0.15) is 25.1 Å². The number of hydrogen-bond donors (Lipinski definition) is 1. The van der Waals surface area contributed by atoms with Crippen molar-refractivity contribution in [2.45, 2.75) is 26.8 Å². The largest absolute Gasteiger partial charge is 0.457 e. The van der Waals surface area contributed by atoms with Gasteiger partial charge in [-0.1, -0.05) is 32.0 Å². The lowest BCUT2D eigenvalue weighted by atomic mass is 10.1. The molecule has 2 rings (SSSR count). The van der Waals surface area contributed by atoms with Crippen molar-refractivity contribution in [3.8, 4) is 11.5 Å². The van der Waals surface area contributed by atoms with E-state index in [2.05, 4.69) is 30.2 Å². The van der Waals surface area contributed by atoms with Crippen LogP contribution in [0.15, 0.2) is 42.6 Å². The molecule has 2 aromatic rings. The van der Waals surface area contributed by atoms with E-state index in [0.29, 0.717) is 0 Å². The summed E-state index contributed by atoms with van der Waals surface area (Å²) < 4.78 is 5.95. The molecule has 0 fully saturated rings. The molecular formula is C16H20N2O. The number of benzene rings is 1. The minimum absolute atomic E-state index is 0.767. The van der Waals surface area contributed by atoms with Gasteiger partial charge in [0.15, 0.2) is 0 Å². The van der Waals surface area contributed by atoms with E-state index < -0.39 is 0 Å². The highest BCUT2D eigenvalue weighted by Gasteiger charge is 2.03. The molecule has 0 aliphatic heterocycles. The first-order chi connectivity index (χ1) is 9.33. The Morgan fingerprint density at radius 3 is 2.79 bits per heavy atom. The lowest BCUT2D eigenvalue weighted by molar-refractivity contribution is 0.474. The van der Waals surface area contributed by atoms with Gasteiger partial charge in [0.05, 0.1) is 5.69 Å². The van der Waals surface area contributed by atoms with Crippen LogP contribution in [-0.4, -0.2) is 11.5 Å². The van der Waals surface area contributed by atoms with Crippen molar-refractivity contribution in [3.63, 3.8) is 0 Å². The van der Waals surface area contributed by atoms with Crippen molar-refractivity contribution in [1.82, 2.24) is 10.3 Å². The Morgan fingerprint density at radius 2 is 2.00 bits per heavy atom. The molecule has 1 heterocycles. The fourth-order valence-electron chi connectivity index (χ4n) is 1.89. The Bertz CT molecular complexity index is 526. The van der Waals surface area contributed by atoms with Gasteiger partial charge in [-0.3, -0.25) is 4.98 Å². The summed E-state index contributed by atoms with van der Waals surface area (Å²) in [4.78, 5) is 4.32. The van der Waals surface area contributed by atoms with Gasteiger partial charge in [-0.05, 0) is 30.7 Å². The van der Waals surface area contributed by atoms with Gasteiger partial charge in [-0.2, -0.15) is 0 Å². The first-order valence-corrected chi connectivity index (χ1v) is 6.75. The summed E-state index contributed by atoms with van der Waals surface area (Å²) >= 11 is 0. The molecule has 1 N–H and O–H groups in total. The predicted molar refractivity (Wildman–Crippen MR) is 77.5 cm³/mol. The average Bonchev–Trinajstić information content (AvgIpc) is 2.46. The highest BCUT2D eigenvalue weighted by Crippen LogP contribution is 2.25. The molecule has 1 aromatic carbocycles. The molecule has 0 bridgehead atoms. The van der Waals surface area contributed by atoms with Gasteiger partial charge in [-0.25, -0.2) is 0 Å². The van der Waals surface area contributed by atoms with Crippen LogP contribution in [-0.2, 0) is 13.0 Å². The number of nitrogens with zero attached hydrogens (tertiary/aromatic N) is 1. The topological polar surface area (TPSA) is 34.1 Å². The van der Waals surface area contributed by atoms with Crippen molar-refractivity contribution >= 4 is 0 Å². The van der Waals surface area contributed by atoms with E-state index in [1.165, 1.54) is 5.56 Å². The van der Waals surface area contributed by atoms with Crippen LogP contribution >= 0.6 is 0 Å². The molecule has 0 unspecified atom stereocenters. The predicted octanol–water partition coefficient (Wildman–Crippen LogP) is 3.55. The third-order valence-electron chi connectivity index (χ3n) is 2.93. The maximum Gasteiger partial charge on any atom is 0.130 e. The molecule has 0 aliphatic rings. The first-order valence-electron chi connectivity index (χ1n) is 6.75. The fraction of sp³-hybridized carbons (Fsp3) is 0.312. The maximum absolute atomic E-state index is 5.95. The lowest BCUT2D eigenvalue weighted by Crippen LogP contribution is -2.12. The summed E-state index contributed by atoms with van der Waals surface area (Å²) in [5.74, 6) is 1.76. The molecule has 3 nitrogen and oxygen atoms in total. The molecule has 1 aromatic heterocycles. The summed E-state index contributed by atoms with van der Waals surface area (Å²) in [7, 11) is 0. The van der Waals surface area contributed by atoms with E-state index in [-0.39, 0.29) is 0 Å². The van der Waals surface area contributed by atoms with Crippen LogP contribution in [0.25, 0.3) is 0 Å². The molecule has 0 amide bonds. The van der Waals surface area contributed by atoms with Gasteiger partial charge in [0.2, 0.25) is 0 Å². The zero-order valence-electron chi connectivity index (χ0n) is 11.5. The highest BCUT2D eigenvalue weighted by molar-refractivity contribution is 5.37. The van der Waals surface area contributed by atoms with Crippen molar-refractivity contribution in [1.29, 1.82) is 0 Å². The Morgan fingerprint density at radius 1 is 1.16 bits per heavy atom. The van der Waals surface area contributed by atoms with Crippen molar-refractivity contribution in [2.24, 2.45) is 0 Å². The molecular weight excluding hydrogens is 236 g/mol. The number of aromatic nitrogens is 1. The first kappa shape index (κ1) is 13.6. The SMILES string of the molecule is CCNCc1cc(Oc2ccccc2CC)ccn1. The van der Waals surface area contributed by atoms with Gasteiger partial charge in [0.1, 0.15) is 11.5 Å². The van der Waals surface area contributed by atoms with E-state index in [4.69, 9.17) is 4.74 Å². The molecule has 0 radical (unpaired) electrons. The summed E-state index contributed by atoms with van der Waals surface area (Å²) in [5.41, 5.74) is 2.21. The van der Waals surface area contributed by atoms with E-state index in [1.54, 1.807) is 6.20 Å². The zero-order valence-corrected chi connectivity index (χ0v) is 11.5. The molecule has 0 aliphatic carbocycles. The number of hydrogen-bond acceptors (Lipinski definition) is 3. The minimum Gasteiger partial charge on any atom is -0.457 e. The monoisotopic (exact) mass is 256 g/mol. The van der Waals surface area contributed by atoms with Gasteiger partial charge < -0.3 is 10.1 Å². The van der Waals surface area contributed by atoms with Crippen LogP contribution < -0.4 is 10.1 Å². The van der Waals surface area contributed by atoms with Crippen molar-refractivity contribution < 1.29 is 4.74 Å². The smallest absolute Gasteiger partial charge is 0.130 e. The Balaban J connectivity index is 2.14. The van der Waals surface area contributed by atoms with Crippen LogP contribution in [0.3, 0.4) is 0 Å². The number of pyridine rings is 1. The van der Waals surface area contributed by atoms with Crippen LogP contribution in [0, 0.1) is 0 Å². The number of aryl methyl sites for hydroxylation is 1. The summed E-state index contributed by atoms with van der Waals surface area (Å²) in [6.07, 6.45) is 2.75. The molecule has 0 saturated heterocycles. The molecule has 3 heteroatoms. The van der Waals surface area contributed by atoms with E-state index in [9.17, 15) is 0 Å². The van der Waals surface area contributed by atoms with Crippen molar-refractivity contribution in [2.75, 3.05) is 6.54 Å². The van der Waals surface area contributed by atoms with Gasteiger partial charge in [0.25, 0.3) is 0 Å². The average molecular weight is 256 g/mol. The van der Waals surface area contributed by atoms with Gasteiger partial charge in [0, 0.05) is 18.8 Å². The van der Waals surface area contributed by atoms with Crippen LogP contribution in [0.4, 0.5) is 0 Å². The third-order valence-corrected chi connectivity index (χ3v) is 2.93. The Hall–Kier alpha value is -1.87. The zero-order chi connectivity index (χ0) is 13.5. The standard InChI is InChI=1S/C16H20N2O/c1-3-13-7-5-6-8-16(13)19-15-9-10-18-14(11-15)12-17-4-2/h5-11,17H,3-4,12H2,1-2H3. The van der Waals surface area contributed by atoms with Crippen molar-refractivity contribution in [3.05, 3.63) is 53.9 Å². The number of rotatable bonds is 6. The van der Waals surface area contributed by atoms with Crippen LogP contribution in [0.2, 0.25) is 0 Å². The second-order valence-corrected chi connectivity index (χ2v) is 4.33.